The molecule has 0 radical (unpaired) electrons. The molecule has 0 aliphatic carbocycles. The van der Waals surface area contributed by atoms with Gasteiger partial charge in [0.15, 0.2) is 0 Å². The van der Waals surface area contributed by atoms with Gasteiger partial charge in [-0.05, 0) is 44.4 Å². The average molecular weight is 383 g/mol. The van der Waals surface area contributed by atoms with Crippen LogP contribution in [0.3, 0.4) is 0 Å². The fourth-order valence-corrected chi connectivity index (χ4v) is 3.77. The van der Waals surface area contributed by atoms with Gasteiger partial charge in [0.1, 0.15) is 0 Å². The van der Waals surface area contributed by atoms with Crippen LogP contribution in [0.2, 0.25) is 0 Å². The van der Waals surface area contributed by atoms with Crippen LogP contribution in [0.4, 0.5) is 0 Å². The standard InChI is InChI=1S/C21H29N5O2/c1-15-19(16(2)24-23-15)10-12-25(3)21(28)17-7-8-20(27)26(14-17)13-9-18-6-4-5-11-22-18/h4-6,11,17H,7-10,12-14H2,1-3H3,(H,23,24)/t17-/m1/s1. The second-order valence-corrected chi connectivity index (χ2v) is 7.57. The first-order valence-corrected chi connectivity index (χ1v) is 9.88. The number of hydrogen-bond acceptors (Lipinski definition) is 4. The summed E-state index contributed by atoms with van der Waals surface area (Å²) in [5.74, 6) is 0.124. The first-order chi connectivity index (χ1) is 13.5. The van der Waals surface area contributed by atoms with Crippen LogP contribution in [0, 0.1) is 19.8 Å². The molecule has 1 saturated heterocycles. The van der Waals surface area contributed by atoms with Crippen molar-refractivity contribution in [3.05, 3.63) is 47.0 Å². The molecule has 7 heteroatoms. The van der Waals surface area contributed by atoms with Crippen LogP contribution in [0.5, 0.6) is 0 Å². The van der Waals surface area contributed by atoms with Gasteiger partial charge in [-0.2, -0.15) is 5.10 Å². The second kappa shape index (κ2) is 8.99. The number of carbonyl (C=O) groups excluding carboxylic acids is 2. The zero-order valence-corrected chi connectivity index (χ0v) is 16.9. The zero-order chi connectivity index (χ0) is 20.1. The van der Waals surface area contributed by atoms with E-state index in [4.69, 9.17) is 0 Å². The number of aryl methyl sites for hydroxylation is 2. The van der Waals surface area contributed by atoms with Crippen LogP contribution >= 0.6 is 0 Å². The monoisotopic (exact) mass is 383 g/mol. The highest BCUT2D eigenvalue weighted by Gasteiger charge is 2.31. The summed E-state index contributed by atoms with van der Waals surface area (Å²) < 4.78 is 0. The Morgan fingerprint density at radius 1 is 1.32 bits per heavy atom. The van der Waals surface area contributed by atoms with E-state index in [1.807, 2.05) is 44.0 Å². The summed E-state index contributed by atoms with van der Waals surface area (Å²) in [4.78, 5) is 33.1. The largest absolute Gasteiger partial charge is 0.345 e. The molecular formula is C21H29N5O2. The molecule has 3 rings (SSSR count). The van der Waals surface area contributed by atoms with Gasteiger partial charge in [0.25, 0.3) is 0 Å². The van der Waals surface area contributed by atoms with Crippen LogP contribution < -0.4 is 0 Å². The molecule has 0 saturated carbocycles. The number of aromatic nitrogens is 3. The van der Waals surface area contributed by atoms with Gasteiger partial charge in [-0.3, -0.25) is 19.7 Å². The lowest BCUT2D eigenvalue weighted by molar-refractivity contribution is -0.142. The summed E-state index contributed by atoms with van der Waals surface area (Å²) in [5, 5.41) is 7.20. The minimum atomic E-state index is -0.127. The molecule has 1 atom stereocenters. The summed E-state index contributed by atoms with van der Waals surface area (Å²) in [6, 6.07) is 5.79. The molecule has 28 heavy (non-hydrogen) atoms. The summed E-state index contributed by atoms with van der Waals surface area (Å²) in [7, 11) is 1.85. The Balaban J connectivity index is 1.53. The third kappa shape index (κ3) is 4.77. The van der Waals surface area contributed by atoms with Gasteiger partial charge >= 0.3 is 0 Å². The van der Waals surface area contributed by atoms with E-state index in [0.717, 1.165) is 23.5 Å². The van der Waals surface area contributed by atoms with E-state index >= 15 is 0 Å². The number of hydrogen-bond donors (Lipinski definition) is 1. The molecule has 2 aromatic heterocycles. The maximum absolute atomic E-state index is 12.9. The van der Waals surface area contributed by atoms with Crippen molar-refractivity contribution in [1.29, 1.82) is 0 Å². The highest BCUT2D eigenvalue weighted by atomic mass is 16.2. The normalized spacial score (nSPS) is 17.0. The Labute approximate surface area is 166 Å². The van der Waals surface area contributed by atoms with E-state index in [2.05, 4.69) is 15.2 Å². The fraction of sp³-hybridized carbons (Fsp3) is 0.524. The minimum absolute atomic E-state index is 0.120. The Morgan fingerprint density at radius 2 is 2.14 bits per heavy atom. The van der Waals surface area contributed by atoms with Gasteiger partial charge in [0.05, 0.1) is 11.6 Å². The van der Waals surface area contributed by atoms with Gasteiger partial charge in [0.2, 0.25) is 11.8 Å². The Bertz CT molecular complexity index is 798. The molecule has 2 aromatic rings. The summed E-state index contributed by atoms with van der Waals surface area (Å²) >= 11 is 0. The van der Waals surface area contributed by atoms with Crippen molar-refractivity contribution in [3.63, 3.8) is 0 Å². The number of nitrogens with zero attached hydrogens (tertiary/aromatic N) is 4. The van der Waals surface area contributed by atoms with E-state index in [1.165, 1.54) is 5.56 Å². The van der Waals surface area contributed by atoms with Crippen molar-refractivity contribution < 1.29 is 9.59 Å². The minimum Gasteiger partial charge on any atom is -0.345 e. The molecule has 3 heterocycles. The van der Waals surface area contributed by atoms with Crippen molar-refractivity contribution in [2.24, 2.45) is 5.92 Å². The van der Waals surface area contributed by atoms with Gasteiger partial charge < -0.3 is 9.80 Å². The van der Waals surface area contributed by atoms with Crippen molar-refractivity contribution >= 4 is 11.8 Å². The molecule has 0 unspecified atom stereocenters. The second-order valence-electron chi connectivity index (χ2n) is 7.57. The topological polar surface area (TPSA) is 82.2 Å². The number of pyridine rings is 1. The predicted octanol–water partition coefficient (Wildman–Crippen LogP) is 1.90. The molecule has 1 fully saturated rings. The number of aromatic amines is 1. The Hall–Kier alpha value is -2.70. The molecule has 1 N–H and O–H groups in total. The lowest BCUT2D eigenvalue weighted by Crippen LogP contribution is -2.47. The van der Waals surface area contributed by atoms with E-state index in [-0.39, 0.29) is 17.7 Å². The Kier molecular flexibility index (Phi) is 6.44. The van der Waals surface area contributed by atoms with Gasteiger partial charge in [0, 0.05) is 57.1 Å². The number of likely N-dealkylation sites (N-methyl/N-ethyl adjacent to an activating group) is 1. The quantitative estimate of drug-likeness (QED) is 0.792. The molecule has 2 amide bonds. The van der Waals surface area contributed by atoms with Crippen molar-refractivity contribution in [1.82, 2.24) is 25.0 Å². The third-order valence-electron chi connectivity index (χ3n) is 5.57. The van der Waals surface area contributed by atoms with Gasteiger partial charge in [-0.15, -0.1) is 0 Å². The molecule has 0 bridgehead atoms. The molecule has 0 aromatic carbocycles. The number of nitrogens with one attached hydrogen (secondary N) is 1. The molecule has 1 aliphatic rings. The first-order valence-electron chi connectivity index (χ1n) is 9.88. The number of rotatable bonds is 7. The molecule has 7 nitrogen and oxygen atoms in total. The van der Waals surface area contributed by atoms with Crippen LogP contribution in [0.25, 0.3) is 0 Å². The first kappa shape index (κ1) is 20.0. The highest BCUT2D eigenvalue weighted by molar-refractivity contribution is 5.83. The summed E-state index contributed by atoms with van der Waals surface area (Å²) in [6.45, 7) is 5.74. The van der Waals surface area contributed by atoms with Crippen molar-refractivity contribution in [2.45, 2.75) is 39.5 Å². The molecule has 150 valence electrons. The lowest BCUT2D eigenvalue weighted by atomic mass is 9.95. The molecular weight excluding hydrogens is 354 g/mol. The molecule has 0 spiro atoms. The number of piperidine rings is 1. The van der Waals surface area contributed by atoms with Gasteiger partial charge in [-0.1, -0.05) is 6.07 Å². The predicted molar refractivity (Wildman–Crippen MR) is 107 cm³/mol. The number of likely N-dealkylation sites (tertiary alicyclic amines) is 1. The average Bonchev–Trinajstić information content (AvgIpc) is 3.03. The maximum Gasteiger partial charge on any atom is 0.227 e. The van der Waals surface area contributed by atoms with Crippen LogP contribution in [-0.4, -0.2) is 63.5 Å². The number of carbonyl (C=O) groups is 2. The van der Waals surface area contributed by atoms with E-state index in [1.54, 1.807) is 11.1 Å². The Morgan fingerprint density at radius 3 is 2.82 bits per heavy atom. The fourth-order valence-electron chi connectivity index (χ4n) is 3.77. The van der Waals surface area contributed by atoms with Crippen LogP contribution in [-0.2, 0) is 22.4 Å². The number of amides is 2. The smallest absolute Gasteiger partial charge is 0.227 e. The summed E-state index contributed by atoms with van der Waals surface area (Å²) in [6.07, 6.45) is 4.32. The van der Waals surface area contributed by atoms with Crippen LogP contribution in [0.15, 0.2) is 24.4 Å². The number of H-pyrrole nitrogens is 1. The van der Waals surface area contributed by atoms with Crippen molar-refractivity contribution in [3.8, 4) is 0 Å². The van der Waals surface area contributed by atoms with Crippen molar-refractivity contribution in [2.75, 3.05) is 26.7 Å². The summed E-state index contributed by atoms with van der Waals surface area (Å²) in [5.41, 5.74) is 4.19. The zero-order valence-electron chi connectivity index (χ0n) is 16.9. The van der Waals surface area contributed by atoms with Gasteiger partial charge in [-0.25, -0.2) is 0 Å². The van der Waals surface area contributed by atoms with E-state index < -0.39 is 0 Å². The lowest BCUT2D eigenvalue weighted by Gasteiger charge is -2.34. The van der Waals surface area contributed by atoms with Crippen LogP contribution in [0.1, 0.15) is 35.5 Å². The van der Waals surface area contributed by atoms with E-state index in [0.29, 0.717) is 38.9 Å². The highest BCUT2D eigenvalue weighted by Crippen LogP contribution is 2.20. The maximum atomic E-state index is 12.9. The molecule has 1 aliphatic heterocycles. The third-order valence-corrected chi connectivity index (χ3v) is 5.57. The van der Waals surface area contributed by atoms with E-state index in [9.17, 15) is 9.59 Å². The SMILES string of the molecule is Cc1n[nH]c(C)c1CCN(C)C(=O)[C@@H]1CCC(=O)N(CCc2ccccn2)C1.